The maximum absolute atomic E-state index is 12.3. The number of rotatable bonds is 5. The molecule has 0 aliphatic carbocycles. The highest BCUT2D eigenvalue weighted by molar-refractivity contribution is 5.72. The Morgan fingerprint density at radius 2 is 1.83 bits per heavy atom. The second-order valence-corrected chi connectivity index (χ2v) is 6.51. The molecule has 1 amide bonds. The minimum Gasteiger partial charge on any atom is -0.438 e. The van der Waals surface area contributed by atoms with Gasteiger partial charge in [-0.15, -0.1) is 0 Å². The molecular weight excluding hydrogens is 304 g/mol. The molecule has 1 saturated heterocycles. The number of aryl methyl sites for hydroxylation is 1. The second kappa shape index (κ2) is 6.24. The predicted molar refractivity (Wildman–Crippen MR) is 90.1 cm³/mol. The normalized spacial score (nSPS) is 26.5. The number of benzene rings is 1. The highest BCUT2D eigenvalue weighted by Gasteiger charge is 2.58. The first-order valence-corrected chi connectivity index (χ1v) is 8.09. The number of aromatic nitrogens is 1. The molecule has 2 atom stereocenters. The van der Waals surface area contributed by atoms with Crippen LogP contribution >= 0.6 is 0 Å². The van der Waals surface area contributed by atoms with Crippen LogP contribution in [0.1, 0.15) is 31.5 Å². The monoisotopic (exact) mass is 326 g/mol. The average Bonchev–Trinajstić information content (AvgIpc) is 2.75. The van der Waals surface area contributed by atoms with Gasteiger partial charge < -0.3 is 9.84 Å². The molecule has 1 aromatic carbocycles. The van der Waals surface area contributed by atoms with Gasteiger partial charge in [-0.1, -0.05) is 36.4 Å². The smallest absolute Gasteiger partial charge is 0.413 e. The fourth-order valence-corrected chi connectivity index (χ4v) is 3.00. The van der Waals surface area contributed by atoms with Gasteiger partial charge in [-0.05, 0) is 44.4 Å². The quantitative estimate of drug-likeness (QED) is 0.917. The number of nitrogens with zero attached hydrogens (tertiary/aromatic N) is 2. The van der Waals surface area contributed by atoms with E-state index >= 15 is 0 Å². The maximum atomic E-state index is 12.3. The van der Waals surface area contributed by atoms with Crippen molar-refractivity contribution in [2.45, 2.75) is 44.6 Å². The van der Waals surface area contributed by atoms with Crippen molar-refractivity contribution in [3.8, 4) is 0 Å². The number of amides is 1. The largest absolute Gasteiger partial charge is 0.438 e. The summed E-state index contributed by atoms with van der Waals surface area (Å²) in [5.74, 6) is 0. The zero-order chi connectivity index (χ0) is 17.2. The predicted octanol–water partition coefficient (Wildman–Crippen LogP) is 3.13. The Balaban J connectivity index is 1.76. The van der Waals surface area contributed by atoms with E-state index in [1.807, 2.05) is 48.5 Å². The van der Waals surface area contributed by atoms with Crippen LogP contribution in [0.25, 0.3) is 0 Å². The summed E-state index contributed by atoms with van der Waals surface area (Å²) in [7, 11) is 0. The molecule has 0 saturated carbocycles. The van der Waals surface area contributed by atoms with E-state index in [0.717, 1.165) is 12.0 Å². The summed E-state index contributed by atoms with van der Waals surface area (Å²) in [6.07, 6.45) is 2.41. The van der Waals surface area contributed by atoms with Gasteiger partial charge in [0.2, 0.25) is 0 Å². The van der Waals surface area contributed by atoms with Crippen LogP contribution in [0, 0.1) is 0 Å². The molecule has 1 aromatic heterocycles. The third-order valence-corrected chi connectivity index (χ3v) is 4.84. The minimum atomic E-state index is -1.41. The van der Waals surface area contributed by atoms with Crippen LogP contribution in [0.4, 0.5) is 4.79 Å². The SMILES string of the molecule is C[C@@]1(CCc2ccccc2)OC(=O)N(Cc2ccccn2)[C@@]1(C)O. The number of pyridine rings is 1. The van der Waals surface area contributed by atoms with Gasteiger partial charge in [0, 0.05) is 6.20 Å². The standard InChI is InChI=1S/C19H22N2O3/c1-18(12-11-15-8-4-3-5-9-15)19(2,23)21(17(22)24-18)14-16-10-6-7-13-20-16/h3-10,13,23H,11-12,14H2,1-2H3/t18-,19-/m0/s1. The summed E-state index contributed by atoms with van der Waals surface area (Å²) in [6.45, 7) is 3.63. The molecular formula is C19H22N2O3. The molecule has 0 unspecified atom stereocenters. The first kappa shape index (κ1) is 16.5. The van der Waals surface area contributed by atoms with Crippen molar-refractivity contribution in [3.05, 3.63) is 66.0 Å². The highest BCUT2D eigenvalue weighted by Crippen LogP contribution is 2.41. The van der Waals surface area contributed by atoms with E-state index < -0.39 is 17.4 Å². The van der Waals surface area contributed by atoms with Gasteiger partial charge in [0.15, 0.2) is 11.3 Å². The fraction of sp³-hybridized carbons (Fsp3) is 0.368. The first-order chi connectivity index (χ1) is 11.4. The van der Waals surface area contributed by atoms with Crippen LogP contribution in [0.5, 0.6) is 0 Å². The van der Waals surface area contributed by atoms with E-state index in [0.29, 0.717) is 12.1 Å². The lowest BCUT2D eigenvalue weighted by atomic mass is 9.87. The van der Waals surface area contributed by atoms with Gasteiger partial charge in [-0.25, -0.2) is 4.79 Å². The summed E-state index contributed by atoms with van der Waals surface area (Å²) >= 11 is 0. The Morgan fingerprint density at radius 1 is 1.12 bits per heavy atom. The van der Waals surface area contributed by atoms with Crippen molar-refractivity contribution in [2.75, 3.05) is 0 Å². The third kappa shape index (κ3) is 2.99. The van der Waals surface area contributed by atoms with E-state index in [-0.39, 0.29) is 6.54 Å². The maximum Gasteiger partial charge on any atom is 0.413 e. The molecule has 24 heavy (non-hydrogen) atoms. The number of aliphatic hydroxyl groups is 1. The summed E-state index contributed by atoms with van der Waals surface area (Å²) in [5, 5.41) is 11.0. The van der Waals surface area contributed by atoms with E-state index in [2.05, 4.69) is 4.98 Å². The van der Waals surface area contributed by atoms with Crippen LogP contribution in [-0.2, 0) is 17.7 Å². The number of carbonyl (C=O) groups excluding carboxylic acids is 1. The van der Waals surface area contributed by atoms with Crippen LogP contribution < -0.4 is 0 Å². The van der Waals surface area contributed by atoms with Gasteiger partial charge in [0.25, 0.3) is 0 Å². The Labute approximate surface area is 141 Å². The molecule has 1 fully saturated rings. The lowest BCUT2D eigenvalue weighted by molar-refractivity contribution is -0.141. The van der Waals surface area contributed by atoms with Crippen molar-refractivity contribution in [1.82, 2.24) is 9.88 Å². The summed E-state index contributed by atoms with van der Waals surface area (Å²) in [4.78, 5) is 17.9. The Bertz CT molecular complexity index is 700. The molecule has 0 spiro atoms. The minimum absolute atomic E-state index is 0.216. The van der Waals surface area contributed by atoms with Crippen molar-refractivity contribution >= 4 is 6.09 Å². The van der Waals surface area contributed by atoms with E-state index in [1.54, 1.807) is 20.0 Å². The van der Waals surface area contributed by atoms with E-state index in [4.69, 9.17) is 4.74 Å². The van der Waals surface area contributed by atoms with Crippen LogP contribution in [-0.4, -0.2) is 32.4 Å². The number of carbonyl (C=O) groups is 1. The molecule has 0 radical (unpaired) electrons. The summed E-state index contributed by atoms with van der Waals surface area (Å²) in [5.41, 5.74) is -0.527. The summed E-state index contributed by atoms with van der Waals surface area (Å²) in [6, 6.07) is 15.5. The first-order valence-electron chi connectivity index (χ1n) is 8.09. The lowest BCUT2D eigenvalue weighted by Gasteiger charge is -2.37. The average molecular weight is 326 g/mol. The number of ether oxygens (including phenoxy) is 1. The molecule has 5 heteroatoms. The van der Waals surface area contributed by atoms with Crippen molar-refractivity contribution in [2.24, 2.45) is 0 Å². The second-order valence-electron chi connectivity index (χ2n) is 6.51. The van der Waals surface area contributed by atoms with Gasteiger partial charge in [0.1, 0.15) is 0 Å². The molecule has 0 bridgehead atoms. The Morgan fingerprint density at radius 3 is 2.50 bits per heavy atom. The molecule has 126 valence electrons. The zero-order valence-corrected chi connectivity index (χ0v) is 14.0. The van der Waals surface area contributed by atoms with Gasteiger partial charge in [-0.3, -0.25) is 9.88 Å². The highest BCUT2D eigenvalue weighted by atomic mass is 16.6. The molecule has 3 rings (SSSR count). The topological polar surface area (TPSA) is 62.7 Å². The lowest BCUT2D eigenvalue weighted by Crippen LogP contribution is -2.54. The third-order valence-electron chi connectivity index (χ3n) is 4.84. The molecule has 1 aliphatic rings. The van der Waals surface area contributed by atoms with Gasteiger partial charge in [0.05, 0.1) is 12.2 Å². The van der Waals surface area contributed by atoms with Crippen LogP contribution in [0.3, 0.4) is 0 Å². The van der Waals surface area contributed by atoms with E-state index in [1.165, 1.54) is 4.90 Å². The van der Waals surface area contributed by atoms with Crippen molar-refractivity contribution < 1.29 is 14.6 Å². The van der Waals surface area contributed by atoms with Crippen LogP contribution in [0.15, 0.2) is 54.7 Å². The molecule has 5 nitrogen and oxygen atoms in total. The molecule has 2 aromatic rings. The number of hydrogen-bond donors (Lipinski definition) is 1. The number of hydrogen-bond acceptors (Lipinski definition) is 4. The molecule has 2 heterocycles. The van der Waals surface area contributed by atoms with Crippen molar-refractivity contribution in [1.29, 1.82) is 0 Å². The summed E-state index contributed by atoms with van der Waals surface area (Å²) < 4.78 is 5.58. The molecule has 1 N–H and O–H groups in total. The van der Waals surface area contributed by atoms with E-state index in [9.17, 15) is 9.90 Å². The molecule has 1 aliphatic heterocycles. The van der Waals surface area contributed by atoms with Crippen LogP contribution in [0.2, 0.25) is 0 Å². The zero-order valence-electron chi connectivity index (χ0n) is 14.0. The Kier molecular flexibility index (Phi) is 4.28. The van der Waals surface area contributed by atoms with Crippen molar-refractivity contribution in [3.63, 3.8) is 0 Å². The van der Waals surface area contributed by atoms with Gasteiger partial charge >= 0.3 is 6.09 Å². The fourth-order valence-electron chi connectivity index (χ4n) is 3.00. The Hall–Kier alpha value is -2.40. The number of cyclic esters (lactones) is 1. The van der Waals surface area contributed by atoms with Gasteiger partial charge in [-0.2, -0.15) is 0 Å².